The molecule has 0 saturated heterocycles. The molecule has 0 aliphatic heterocycles. The molecule has 3 aromatic heterocycles. The van der Waals surface area contributed by atoms with Gasteiger partial charge in [0.2, 0.25) is 0 Å². The van der Waals surface area contributed by atoms with E-state index in [1.165, 1.54) is 18.0 Å². The van der Waals surface area contributed by atoms with Gasteiger partial charge in [0.1, 0.15) is 12.4 Å². The van der Waals surface area contributed by atoms with Gasteiger partial charge in [0.05, 0.1) is 16.6 Å². The minimum atomic E-state index is -0.0124. The second kappa shape index (κ2) is 7.38. The highest BCUT2D eigenvalue weighted by Gasteiger charge is 2.29. The standard InChI is InChI=1S/C27H28N4O3/c1-14(2)11-31-22-8-5-16(34-13-15(3)32)9-18(22)24-19-10-28-27(33)25(19)23-17(26(24)31)6-7-21-20(23)12-30(4)29-21/h5,8-10,12,14,28,33H,6-7,11,13H2,1-4H3. The van der Waals surface area contributed by atoms with Crippen molar-refractivity contribution < 1.29 is 14.6 Å². The normalized spacial score (nSPS) is 13.2. The Hall–Kier alpha value is -3.74. The van der Waals surface area contributed by atoms with Crippen molar-refractivity contribution in [1.29, 1.82) is 0 Å². The summed E-state index contributed by atoms with van der Waals surface area (Å²) >= 11 is 0. The Morgan fingerprint density at radius 1 is 1.24 bits per heavy atom. The monoisotopic (exact) mass is 456 g/mol. The van der Waals surface area contributed by atoms with Crippen molar-refractivity contribution in [1.82, 2.24) is 19.3 Å². The predicted octanol–water partition coefficient (Wildman–Crippen LogP) is 5.10. The molecule has 0 spiro atoms. The number of hydrogen-bond donors (Lipinski definition) is 2. The molecule has 2 aromatic carbocycles. The molecule has 6 rings (SSSR count). The van der Waals surface area contributed by atoms with Gasteiger partial charge in [-0.05, 0) is 49.4 Å². The van der Waals surface area contributed by atoms with Crippen LogP contribution >= 0.6 is 0 Å². The molecule has 7 heteroatoms. The average Bonchev–Trinajstić information content (AvgIpc) is 3.45. The van der Waals surface area contributed by atoms with E-state index in [1.807, 2.05) is 30.1 Å². The van der Waals surface area contributed by atoms with Gasteiger partial charge in [-0.15, -0.1) is 0 Å². The minimum absolute atomic E-state index is 0.0124. The molecule has 2 N–H and O–H groups in total. The number of fused-ring (bicyclic) bond motifs is 10. The van der Waals surface area contributed by atoms with E-state index in [2.05, 4.69) is 40.8 Å². The minimum Gasteiger partial charge on any atom is -0.494 e. The molecule has 0 radical (unpaired) electrons. The largest absolute Gasteiger partial charge is 0.494 e. The molecule has 0 amide bonds. The maximum absolute atomic E-state index is 11.5. The molecular weight excluding hydrogens is 428 g/mol. The van der Waals surface area contributed by atoms with Gasteiger partial charge in [0.25, 0.3) is 0 Å². The van der Waals surface area contributed by atoms with Crippen molar-refractivity contribution in [3.8, 4) is 22.8 Å². The Bertz CT molecular complexity index is 1620. The smallest absolute Gasteiger partial charge is 0.197 e. The Balaban J connectivity index is 1.77. The Kier molecular flexibility index (Phi) is 4.52. The second-order valence-corrected chi connectivity index (χ2v) is 9.84. The van der Waals surface area contributed by atoms with E-state index >= 15 is 0 Å². The van der Waals surface area contributed by atoms with Crippen molar-refractivity contribution >= 4 is 38.4 Å². The first kappa shape index (κ1) is 20.8. The molecule has 5 aromatic rings. The van der Waals surface area contributed by atoms with Crippen LogP contribution in [0.2, 0.25) is 0 Å². The van der Waals surface area contributed by atoms with Crippen LogP contribution in [0.3, 0.4) is 0 Å². The first-order chi connectivity index (χ1) is 16.3. The lowest BCUT2D eigenvalue weighted by molar-refractivity contribution is -0.118. The molecule has 1 aliphatic rings. The van der Waals surface area contributed by atoms with Crippen LogP contribution in [0.1, 0.15) is 32.0 Å². The lowest BCUT2D eigenvalue weighted by Gasteiger charge is -2.21. The summed E-state index contributed by atoms with van der Waals surface area (Å²) in [6.45, 7) is 6.92. The molecule has 0 fully saturated rings. The third-order valence-corrected chi connectivity index (χ3v) is 6.78. The Labute approximate surface area is 196 Å². The number of ether oxygens (including phenoxy) is 1. The van der Waals surface area contributed by atoms with Crippen molar-refractivity contribution in [2.45, 2.75) is 40.2 Å². The summed E-state index contributed by atoms with van der Waals surface area (Å²) in [7, 11) is 1.95. The predicted molar refractivity (Wildman–Crippen MR) is 134 cm³/mol. The molecule has 0 bridgehead atoms. The zero-order chi connectivity index (χ0) is 23.7. The molecule has 1 aliphatic carbocycles. The number of carbonyl (C=O) groups excluding carboxylic acids is 1. The number of rotatable bonds is 5. The van der Waals surface area contributed by atoms with Crippen LogP contribution in [0.25, 0.3) is 43.7 Å². The van der Waals surface area contributed by atoms with E-state index in [1.54, 1.807) is 0 Å². The fourth-order valence-electron chi connectivity index (χ4n) is 5.59. The summed E-state index contributed by atoms with van der Waals surface area (Å²) in [5.41, 5.74) is 6.84. The Morgan fingerprint density at radius 2 is 2.06 bits per heavy atom. The summed E-state index contributed by atoms with van der Waals surface area (Å²) in [4.78, 5) is 14.6. The number of nitrogens with zero attached hydrogens (tertiary/aromatic N) is 3. The van der Waals surface area contributed by atoms with E-state index < -0.39 is 0 Å². The van der Waals surface area contributed by atoms with Gasteiger partial charge in [-0.25, -0.2) is 0 Å². The van der Waals surface area contributed by atoms with Crippen LogP contribution in [0.15, 0.2) is 30.6 Å². The molecular formula is C27H28N4O3. The first-order valence-corrected chi connectivity index (χ1v) is 11.8. The third-order valence-electron chi connectivity index (χ3n) is 6.78. The maximum Gasteiger partial charge on any atom is 0.197 e. The van der Waals surface area contributed by atoms with Gasteiger partial charge in [-0.3, -0.25) is 9.48 Å². The number of aryl methyl sites for hydroxylation is 3. The molecule has 0 saturated carbocycles. The molecule has 7 nitrogen and oxygen atoms in total. The van der Waals surface area contributed by atoms with Gasteiger partial charge in [-0.2, -0.15) is 5.10 Å². The summed E-state index contributed by atoms with van der Waals surface area (Å²) in [6, 6.07) is 6.07. The number of H-pyrrole nitrogens is 1. The van der Waals surface area contributed by atoms with Crippen molar-refractivity contribution in [2.75, 3.05) is 6.61 Å². The number of hydrogen-bond acceptors (Lipinski definition) is 4. The highest BCUT2D eigenvalue weighted by molar-refractivity contribution is 6.26. The van der Waals surface area contributed by atoms with Crippen LogP contribution in [0.4, 0.5) is 0 Å². The molecule has 0 atom stereocenters. The first-order valence-electron chi connectivity index (χ1n) is 11.8. The number of ketones is 1. The van der Waals surface area contributed by atoms with Crippen molar-refractivity contribution in [3.63, 3.8) is 0 Å². The van der Waals surface area contributed by atoms with Crippen LogP contribution in [0.5, 0.6) is 11.6 Å². The second-order valence-electron chi connectivity index (χ2n) is 9.84. The third kappa shape index (κ3) is 2.96. The lowest BCUT2D eigenvalue weighted by Crippen LogP contribution is -2.09. The number of benzene rings is 2. The summed E-state index contributed by atoms with van der Waals surface area (Å²) in [5, 5.41) is 19.6. The fourth-order valence-corrected chi connectivity index (χ4v) is 5.59. The van der Waals surface area contributed by atoms with Crippen LogP contribution in [-0.2, 0) is 31.2 Å². The highest BCUT2D eigenvalue weighted by atomic mass is 16.5. The molecule has 0 unspecified atom stereocenters. The van der Waals surface area contributed by atoms with Crippen molar-refractivity contribution in [3.05, 3.63) is 41.9 Å². The van der Waals surface area contributed by atoms with Crippen molar-refractivity contribution in [2.24, 2.45) is 13.0 Å². The molecule has 34 heavy (non-hydrogen) atoms. The number of Topliss-reactive ketones (excluding diaryl/α,β-unsaturated/α-hetero) is 1. The number of carbonyl (C=O) groups is 1. The van der Waals surface area contributed by atoms with Gasteiger partial charge in [-0.1, -0.05) is 13.8 Å². The van der Waals surface area contributed by atoms with Gasteiger partial charge < -0.3 is 19.4 Å². The van der Waals surface area contributed by atoms with E-state index in [-0.39, 0.29) is 18.3 Å². The van der Waals surface area contributed by atoms with E-state index in [4.69, 9.17) is 4.74 Å². The number of nitrogens with one attached hydrogen (secondary N) is 1. The maximum atomic E-state index is 11.5. The van der Waals surface area contributed by atoms with Crippen LogP contribution in [0, 0.1) is 5.92 Å². The van der Waals surface area contributed by atoms with Gasteiger partial charge >= 0.3 is 0 Å². The number of aromatic nitrogens is 4. The molecule has 174 valence electrons. The summed E-state index contributed by atoms with van der Waals surface area (Å²) < 4.78 is 10.1. The van der Waals surface area contributed by atoms with E-state index in [9.17, 15) is 9.90 Å². The van der Waals surface area contributed by atoms with Crippen LogP contribution in [-0.4, -0.2) is 36.8 Å². The average molecular weight is 457 g/mol. The lowest BCUT2D eigenvalue weighted by atomic mass is 9.85. The fraction of sp³-hybridized carbons (Fsp3) is 0.333. The van der Waals surface area contributed by atoms with Gasteiger partial charge in [0, 0.05) is 58.8 Å². The molecule has 3 heterocycles. The zero-order valence-corrected chi connectivity index (χ0v) is 19.9. The van der Waals surface area contributed by atoms with Crippen LogP contribution < -0.4 is 4.74 Å². The van der Waals surface area contributed by atoms with E-state index in [0.29, 0.717) is 11.7 Å². The number of aromatic amines is 1. The number of aromatic hydroxyl groups is 1. The quantitative estimate of drug-likeness (QED) is 0.385. The topological polar surface area (TPSA) is 85.1 Å². The van der Waals surface area contributed by atoms with Gasteiger partial charge in [0.15, 0.2) is 11.7 Å². The summed E-state index contributed by atoms with van der Waals surface area (Å²) in [6.07, 6.45) is 5.69. The highest BCUT2D eigenvalue weighted by Crippen LogP contribution is 2.49. The Morgan fingerprint density at radius 3 is 2.82 bits per heavy atom. The summed E-state index contributed by atoms with van der Waals surface area (Å²) in [5.74, 6) is 1.29. The zero-order valence-electron chi connectivity index (χ0n) is 19.9. The SMILES string of the molecule is CC(=O)COc1ccc2c(c1)c1c3c[nH]c(O)c3c3c(c1n2CC(C)C)CCc1nn(C)cc1-3. The van der Waals surface area contributed by atoms with E-state index in [0.717, 1.165) is 63.3 Å².